The van der Waals surface area contributed by atoms with Crippen LogP contribution in [0.5, 0.6) is 0 Å². The van der Waals surface area contributed by atoms with E-state index in [9.17, 15) is 13.4 Å². The number of carbonyl (C=O) groups is 1. The summed E-state index contributed by atoms with van der Waals surface area (Å²) in [5.41, 5.74) is 5.85. The first-order chi connectivity index (χ1) is 8.90. The normalized spacial score (nSPS) is 12.4. The lowest BCUT2D eigenvalue weighted by Gasteiger charge is -2.08. The molecule has 4 nitrogen and oxygen atoms in total. The third kappa shape index (κ3) is 5.38. The van der Waals surface area contributed by atoms with E-state index in [0.717, 1.165) is 12.5 Å². The van der Waals surface area contributed by atoms with E-state index in [2.05, 4.69) is 19.2 Å². The average Bonchev–Trinajstić information content (AvgIpc) is 2.31. The molecule has 1 atom stereocenters. The Bertz CT molecular complexity index is 478. The van der Waals surface area contributed by atoms with Crippen molar-refractivity contribution in [1.82, 2.24) is 5.32 Å². The molecule has 0 aliphatic carbocycles. The van der Waals surface area contributed by atoms with Gasteiger partial charge in [0.2, 0.25) is 5.91 Å². The molecule has 0 aliphatic rings. The number of anilines is 1. The molecular formula is C13H19FN2O2S. The van der Waals surface area contributed by atoms with E-state index < -0.39 is 16.6 Å². The van der Waals surface area contributed by atoms with E-state index in [1.807, 2.05) is 0 Å². The number of nitrogens with one attached hydrogen (secondary N) is 1. The van der Waals surface area contributed by atoms with Gasteiger partial charge >= 0.3 is 0 Å². The highest BCUT2D eigenvalue weighted by Gasteiger charge is 2.13. The Morgan fingerprint density at radius 1 is 1.47 bits per heavy atom. The number of rotatable bonds is 6. The maximum absolute atomic E-state index is 13.0. The highest BCUT2D eigenvalue weighted by atomic mass is 32.2. The summed E-state index contributed by atoms with van der Waals surface area (Å²) in [6.45, 7) is 4.65. The number of amides is 1. The van der Waals surface area contributed by atoms with Crippen LogP contribution >= 0.6 is 0 Å². The second-order valence-corrected chi connectivity index (χ2v) is 6.12. The lowest BCUT2D eigenvalue weighted by Crippen LogP contribution is -2.29. The van der Waals surface area contributed by atoms with E-state index >= 15 is 0 Å². The summed E-state index contributed by atoms with van der Waals surface area (Å²) in [4.78, 5) is 11.7. The Morgan fingerprint density at radius 3 is 2.79 bits per heavy atom. The van der Waals surface area contributed by atoms with Gasteiger partial charge in [0, 0.05) is 12.2 Å². The van der Waals surface area contributed by atoms with Crippen LogP contribution in [0.2, 0.25) is 0 Å². The summed E-state index contributed by atoms with van der Waals surface area (Å²) in [6.07, 6.45) is 0.862. The Morgan fingerprint density at radius 2 is 2.16 bits per heavy atom. The summed E-state index contributed by atoms with van der Waals surface area (Å²) in [5.74, 6) is -0.545. The molecule has 1 unspecified atom stereocenters. The van der Waals surface area contributed by atoms with E-state index in [-0.39, 0.29) is 22.2 Å². The lowest BCUT2D eigenvalue weighted by molar-refractivity contribution is -0.118. The first-order valence-corrected chi connectivity index (χ1v) is 7.42. The molecule has 3 N–H and O–H groups in total. The quantitative estimate of drug-likeness (QED) is 0.781. The smallest absolute Gasteiger partial charge is 0.233 e. The van der Waals surface area contributed by atoms with Crippen LogP contribution in [0, 0.1) is 11.7 Å². The largest absolute Gasteiger partial charge is 0.398 e. The highest BCUT2D eigenvalue weighted by Crippen LogP contribution is 2.17. The molecule has 106 valence electrons. The number of halogens is 1. The van der Waals surface area contributed by atoms with Crippen molar-refractivity contribution in [2.45, 2.75) is 25.2 Å². The molecule has 0 saturated heterocycles. The average molecular weight is 286 g/mol. The Hall–Kier alpha value is -1.43. The summed E-state index contributed by atoms with van der Waals surface area (Å²) in [7, 11) is -1.63. The van der Waals surface area contributed by atoms with Crippen molar-refractivity contribution in [2.24, 2.45) is 5.92 Å². The number of nitrogens with two attached hydrogens (primary N) is 1. The van der Waals surface area contributed by atoms with Crippen molar-refractivity contribution in [3.05, 3.63) is 24.0 Å². The predicted octanol–water partition coefficient (Wildman–Crippen LogP) is 1.68. The fourth-order valence-electron chi connectivity index (χ4n) is 1.45. The number of nitrogen functional groups attached to an aromatic ring is 1. The second-order valence-electron chi connectivity index (χ2n) is 4.70. The Labute approximate surface area is 115 Å². The van der Waals surface area contributed by atoms with Crippen molar-refractivity contribution >= 4 is 22.4 Å². The van der Waals surface area contributed by atoms with Crippen molar-refractivity contribution < 1.29 is 13.4 Å². The minimum absolute atomic E-state index is 0.166. The minimum Gasteiger partial charge on any atom is -0.398 e. The summed E-state index contributed by atoms with van der Waals surface area (Å²) < 4.78 is 25.0. The maximum atomic E-state index is 13.0. The van der Waals surface area contributed by atoms with Gasteiger partial charge in [0.1, 0.15) is 11.6 Å². The van der Waals surface area contributed by atoms with Gasteiger partial charge in [0.25, 0.3) is 0 Å². The second kappa shape index (κ2) is 7.23. The van der Waals surface area contributed by atoms with Gasteiger partial charge in [-0.3, -0.25) is 9.00 Å². The first-order valence-electron chi connectivity index (χ1n) is 6.10. The van der Waals surface area contributed by atoms with Gasteiger partial charge in [-0.25, -0.2) is 4.39 Å². The van der Waals surface area contributed by atoms with Gasteiger partial charge in [-0.05, 0) is 30.5 Å². The fraction of sp³-hybridized carbons (Fsp3) is 0.462. The summed E-state index contributed by atoms with van der Waals surface area (Å²) >= 11 is 0. The molecule has 19 heavy (non-hydrogen) atoms. The van der Waals surface area contributed by atoms with Crippen LogP contribution in [0.15, 0.2) is 23.1 Å². The number of carbonyl (C=O) groups excluding carboxylic acids is 1. The maximum Gasteiger partial charge on any atom is 0.233 e. The van der Waals surface area contributed by atoms with Crippen LogP contribution in [-0.2, 0) is 15.6 Å². The van der Waals surface area contributed by atoms with Crippen molar-refractivity contribution in [2.75, 3.05) is 18.0 Å². The van der Waals surface area contributed by atoms with Crippen molar-refractivity contribution in [3.63, 3.8) is 0 Å². The fourth-order valence-corrected chi connectivity index (χ4v) is 2.52. The molecule has 1 amide bonds. The highest BCUT2D eigenvalue weighted by molar-refractivity contribution is 7.86. The summed E-state index contributed by atoms with van der Waals surface area (Å²) in [6, 6.07) is 3.64. The van der Waals surface area contributed by atoms with Crippen LogP contribution in [0.1, 0.15) is 20.3 Å². The number of hydrogen-bond donors (Lipinski definition) is 2. The standard InChI is InChI=1S/C13H19FN2O2S/c1-9(2)5-6-16-13(17)8-19(18)12-7-10(14)3-4-11(12)15/h3-4,7,9H,5-6,8,15H2,1-2H3,(H,16,17). The molecule has 0 heterocycles. The molecule has 0 radical (unpaired) electrons. The van der Waals surface area contributed by atoms with Crippen LogP contribution in [0.25, 0.3) is 0 Å². The van der Waals surface area contributed by atoms with Gasteiger partial charge < -0.3 is 11.1 Å². The van der Waals surface area contributed by atoms with E-state index in [1.165, 1.54) is 12.1 Å². The Balaban J connectivity index is 2.54. The van der Waals surface area contributed by atoms with Gasteiger partial charge in [0.05, 0.1) is 15.7 Å². The molecule has 1 aromatic rings. The van der Waals surface area contributed by atoms with Crippen LogP contribution in [0.4, 0.5) is 10.1 Å². The SMILES string of the molecule is CC(C)CCNC(=O)CS(=O)c1cc(F)ccc1N. The monoisotopic (exact) mass is 286 g/mol. The summed E-state index contributed by atoms with van der Waals surface area (Å²) in [5, 5.41) is 2.68. The molecule has 0 fully saturated rings. The minimum atomic E-state index is -1.63. The third-order valence-electron chi connectivity index (χ3n) is 2.53. The van der Waals surface area contributed by atoms with Gasteiger partial charge in [0.15, 0.2) is 0 Å². The molecule has 1 aromatic carbocycles. The molecule has 0 spiro atoms. The van der Waals surface area contributed by atoms with Gasteiger partial charge in [-0.2, -0.15) is 0 Å². The zero-order valence-corrected chi connectivity index (χ0v) is 11.9. The predicted molar refractivity (Wildman–Crippen MR) is 74.6 cm³/mol. The lowest BCUT2D eigenvalue weighted by atomic mass is 10.1. The van der Waals surface area contributed by atoms with E-state index in [4.69, 9.17) is 5.73 Å². The molecule has 0 saturated carbocycles. The zero-order valence-electron chi connectivity index (χ0n) is 11.1. The van der Waals surface area contributed by atoms with Crippen LogP contribution < -0.4 is 11.1 Å². The van der Waals surface area contributed by atoms with E-state index in [1.54, 1.807) is 0 Å². The Kier molecular flexibility index (Phi) is 5.95. The first kappa shape index (κ1) is 15.6. The topological polar surface area (TPSA) is 72.2 Å². The van der Waals surface area contributed by atoms with E-state index in [0.29, 0.717) is 12.5 Å². The molecule has 1 rings (SSSR count). The molecule has 0 bridgehead atoms. The molecule has 0 aromatic heterocycles. The molecule has 6 heteroatoms. The molecular weight excluding hydrogens is 267 g/mol. The van der Waals surface area contributed by atoms with Crippen molar-refractivity contribution in [3.8, 4) is 0 Å². The third-order valence-corrected chi connectivity index (χ3v) is 3.90. The van der Waals surface area contributed by atoms with Crippen molar-refractivity contribution in [1.29, 1.82) is 0 Å². The van der Waals surface area contributed by atoms with Gasteiger partial charge in [-0.1, -0.05) is 13.8 Å². The van der Waals surface area contributed by atoms with Crippen LogP contribution in [0.3, 0.4) is 0 Å². The number of benzene rings is 1. The zero-order chi connectivity index (χ0) is 14.4. The van der Waals surface area contributed by atoms with Gasteiger partial charge in [-0.15, -0.1) is 0 Å². The number of hydrogen-bond acceptors (Lipinski definition) is 3. The molecule has 0 aliphatic heterocycles. The van der Waals surface area contributed by atoms with Crippen LogP contribution in [-0.4, -0.2) is 22.4 Å².